The van der Waals surface area contributed by atoms with Crippen LogP contribution >= 0.6 is 0 Å². The van der Waals surface area contributed by atoms with Gasteiger partial charge >= 0.3 is 6.18 Å². The smallest absolute Gasteiger partial charge is 0.387 e. The lowest BCUT2D eigenvalue weighted by atomic mass is 9.93. The molecular formula is C9H16F3NO2. The van der Waals surface area contributed by atoms with Gasteiger partial charge in [0.1, 0.15) is 0 Å². The Morgan fingerprint density at radius 2 is 1.93 bits per heavy atom. The maximum Gasteiger partial charge on any atom is 0.414 e. The Labute approximate surface area is 86.6 Å². The summed E-state index contributed by atoms with van der Waals surface area (Å²) in [4.78, 5) is 0. The Balaban J connectivity index is 2.35. The van der Waals surface area contributed by atoms with Crippen LogP contribution < -0.4 is 5.32 Å². The molecule has 0 aromatic heterocycles. The number of hydrogen-bond donors (Lipinski definition) is 2. The van der Waals surface area contributed by atoms with Gasteiger partial charge in [0.2, 0.25) is 0 Å². The van der Waals surface area contributed by atoms with Crippen molar-refractivity contribution >= 4 is 0 Å². The van der Waals surface area contributed by atoms with Gasteiger partial charge in [0, 0.05) is 0 Å². The number of ether oxygens (including phenoxy) is 1. The van der Waals surface area contributed by atoms with E-state index in [0.29, 0.717) is 25.9 Å². The van der Waals surface area contributed by atoms with Crippen LogP contribution in [0.3, 0.4) is 0 Å². The van der Waals surface area contributed by atoms with Gasteiger partial charge in [0.25, 0.3) is 0 Å². The first-order valence-corrected chi connectivity index (χ1v) is 4.95. The third kappa shape index (κ3) is 3.96. The molecule has 0 aromatic rings. The molecule has 1 heterocycles. The van der Waals surface area contributed by atoms with E-state index < -0.39 is 17.9 Å². The molecule has 1 atom stereocenters. The van der Waals surface area contributed by atoms with Crippen LogP contribution in [0.25, 0.3) is 0 Å². The molecule has 0 spiro atoms. The third-order valence-electron chi connectivity index (χ3n) is 2.60. The van der Waals surface area contributed by atoms with E-state index in [1.54, 1.807) is 0 Å². The molecule has 15 heavy (non-hydrogen) atoms. The highest BCUT2D eigenvalue weighted by molar-refractivity contribution is 4.84. The molecule has 90 valence electrons. The second kappa shape index (κ2) is 4.67. The van der Waals surface area contributed by atoms with E-state index in [4.69, 9.17) is 0 Å². The quantitative estimate of drug-likeness (QED) is 0.757. The highest BCUT2D eigenvalue weighted by Crippen LogP contribution is 2.25. The van der Waals surface area contributed by atoms with Crippen LogP contribution in [0.1, 0.15) is 19.8 Å². The average Bonchev–Trinajstić information content (AvgIpc) is 2.14. The molecule has 3 nitrogen and oxygen atoms in total. The first-order chi connectivity index (χ1) is 6.83. The fourth-order valence-electron chi connectivity index (χ4n) is 1.41. The molecule has 1 unspecified atom stereocenters. The first-order valence-electron chi connectivity index (χ1n) is 4.95. The lowest BCUT2D eigenvalue weighted by molar-refractivity contribution is -0.227. The number of rotatable bonds is 3. The summed E-state index contributed by atoms with van der Waals surface area (Å²) in [5.41, 5.74) is -1.11. The predicted molar refractivity (Wildman–Crippen MR) is 48.5 cm³/mol. The summed E-state index contributed by atoms with van der Waals surface area (Å²) in [6.07, 6.45) is -5.32. The van der Waals surface area contributed by atoms with E-state index in [1.807, 2.05) is 0 Å². The van der Waals surface area contributed by atoms with E-state index >= 15 is 0 Å². The summed E-state index contributed by atoms with van der Waals surface area (Å²) in [6.45, 7) is 1.92. The Morgan fingerprint density at radius 3 is 2.40 bits per heavy atom. The van der Waals surface area contributed by atoms with Gasteiger partial charge in [-0.05, 0) is 32.9 Å². The van der Waals surface area contributed by atoms with Gasteiger partial charge < -0.3 is 15.2 Å². The number of nitrogens with one attached hydrogen (secondary N) is 1. The summed E-state index contributed by atoms with van der Waals surface area (Å²) < 4.78 is 41.0. The maximum absolute atomic E-state index is 12.1. The molecule has 0 radical (unpaired) electrons. The van der Waals surface area contributed by atoms with Crippen molar-refractivity contribution in [3.8, 4) is 0 Å². The Morgan fingerprint density at radius 1 is 1.40 bits per heavy atom. The lowest BCUT2D eigenvalue weighted by Crippen LogP contribution is -2.46. The fourth-order valence-corrected chi connectivity index (χ4v) is 1.41. The highest BCUT2D eigenvalue weighted by Gasteiger charge is 2.39. The van der Waals surface area contributed by atoms with Gasteiger partial charge in [0.05, 0.1) is 12.2 Å². The molecule has 1 rings (SSSR count). The van der Waals surface area contributed by atoms with Crippen molar-refractivity contribution in [1.29, 1.82) is 0 Å². The molecule has 0 amide bonds. The van der Waals surface area contributed by atoms with Gasteiger partial charge in [-0.3, -0.25) is 0 Å². The van der Waals surface area contributed by atoms with Crippen LogP contribution in [0.15, 0.2) is 0 Å². The number of piperidine rings is 1. The molecule has 1 aliphatic heterocycles. The van der Waals surface area contributed by atoms with E-state index in [2.05, 4.69) is 10.1 Å². The maximum atomic E-state index is 12.1. The molecule has 6 heteroatoms. The molecule has 0 bridgehead atoms. The summed E-state index contributed by atoms with van der Waals surface area (Å²) in [5.74, 6) is 0. The minimum Gasteiger partial charge on any atom is -0.387 e. The number of aliphatic hydroxyl groups is 1. The zero-order valence-electron chi connectivity index (χ0n) is 8.60. The van der Waals surface area contributed by atoms with Gasteiger partial charge in [-0.15, -0.1) is 0 Å². The minimum absolute atomic E-state index is 0.255. The van der Waals surface area contributed by atoms with Crippen molar-refractivity contribution in [3.63, 3.8) is 0 Å². The van der Waals surface area contributed by atoms with Crippen molar-refractivity contribution in [1.82, 2.24) is 5.32 Å². The monoisotopic (exact) mass is 227 g/mol. The van der Waals surface area contributed by atoms with E-state index in [9.17, 15) is 18.3 Å². The Kier molecular flexibility index (Phi) is 3.97. The number of halogens is 3. The normalized spacial score (nSPS) is 23.8. The van der Waals surface area contributed by atoms with Crippen LogP contribution in [0.4, 0.5) is 13.2 Å². The number of hydrogen-bond acceptors (Lipinski definition) is 3. The number of alkyl halides is 3. The van der Waals surface area contributed by atoms with Crippen molar-refractivity contribution < 1.29 is 23.0 Å². The standard InChI is InChI=1S/C9H16F3NO2/c1-7(9(10,11)12)15-6-8(14)2-4-13-5-3-8/h7,13-14H,2-6H2,1H3. The molecule has 0 aliphatic carbocycles. The van der Waals surface area contributed by atoms with E-state index in [1.165, 1.54) is 0 Å². The zero-order valence-corrected chi connectivity index (χ0v) is 8.60. The van der Waals surface area contributed by atoms with Crippen molar-refractivity contribution in [2.24, 2.45) is 0 Å². The first kappa shape index (κ1) is 12.7. The molecule has 0 aromatic carbocycles. The fraction of sp³-hybridized carbons (Fsp3) is 1.00. The Bertz CT molecular complexity index is 202. The summed E-state index contributed by atoms with van der Waals surface area (Å²) >= 11 is 0. The summed E-state index contributed by atoms with van der Waals surface area (Å²) in [7, 11) is 0. The van der Waals surface area contributed by atoms with Crippen LogP contribution in [0, 0.1) is 0 Å². The van der Waals surface area contributed by atoms with Crippen molar-refractivity contribution in [2.75, 3.05) is 19.7 Å². The van der Waals surface area contributed by atoms with Crippen LogP contribution in [-0.2, 0) is 4.74 Å². The van der Waals surface area contributed by atoms with Gasteiger partial charge in [-0.1, -0.05) is 0 Å². The molecule has 1 saturated heterocycles. The van der Waals surface area contributed by atoms with E-state index in [-0.39, 0.29) is 6.61 Å². The lowest BCUT2D eigenvalue weighted by Gasteiger charge is -2.33. The largest absolute Gasteiger partial charge is 0.414 e. The molecular weight excluding hydrogens is 211 g/mol. The van der Waals surface area contributed by atoms with Crippen LogP contribution in [-0.4, -0.2) is 42.7 Å². The molecule has 1 aliphatic rings. The predicted octanol–water partition coefficient (Wildman–Crippen LogP) is 1.07. The van der Waals surface area contributed by atoms with Crippen LogP contribution in [0.2, 0.25) is 0 Å². The minimum atomic E-state index is -4.36. The van der Waals surface area contributed by atoms with E-state index in [0.717, 1.165) is 6.92 Å². The molecule has 0 saturated carbocycles. The van der Waals surface area contributed by atoms with Gasteiger partial charge in [0.15, 0.2) is 6.10 Å². The zero-order chi connectivity index (χ0) is 11.5. The summed E-state index contributed by atoms with van der Waals surface area (Å²) in [5, 5.41) is 12.9. The van der Waals surface area contributed by atoms with Crippen molar-refractivity contribution in [2.45, 2.75) is 37.6 Å². The van der Waals surface area contributed by atoms with Crippen molar-refractivity contribution in [3.05, 3.63) is 0 Å². The topological polar surface area (TPSA) is 41.5 Å². The second-order valence-corrected chi connectivity index (χ2v) is 3.97. The molecule has 1 fully saturated rings. The molecule has 2 N–H and O–H groups in total. The summed E-state index contributed by atoms with van der Waals surface area (Å²) in [6, 6.07) is 0. The van der Waals surface area contributed by atoms with Gasteiger partial charge in [-0.2, -0.15) is 13.2 Å². The van der Waals surface area contributed by atoms with Gasteiger partial charge in [-0.25, -0.2) is 0 Å². The second-order valence-electron chi connectivity index (χ2n) is 3.97. The third-order valence-corrected chi connectivity index (χ3v) is 2.60. The SMILES string of the molecule is CC(OCC1(O)CCNCC1)C(F)(F)F. The highest BCUT2D eigenvalue weighted by atomic mass is 19.4. The van der Waals surface area contributed by atoms with Crippen LogP contribution in [0.5, 0.6) is 0 Å². The Hall–Kier alpha value is -0.330. The average molecular weight is 227 g/mol.